The molecule has 2 unspecified atom stereocenters. The van der Waals surface area contributed by atoms with Crippen LogP contribution in [0.3, 0.4) is 0 Å². The fraction of sp³-hybridized carbons (Fsp3) is 0.889. The van der Waals surface area contributed by atoms with E-state index in [4.69, 9.17) is 4.74 Å². The van der Waals surface area contributed by atoms with Crippen molar-refractivity contribution in [3.63, 3.8) is 0 Å². The maximum absolute atomic E-state index is 11.2. The lowest BCUT2D eigenvalue weighted by Crippen LogP contribution is -2.21. The van der Waals surface area contributed by atoms with Gasteiger partial charge < -0.3 is 4.74 Å². The molecule has 0 aliphatic heterocycles. The minimum absolute atomic E-state index is 0.00694. The summed E-state index contributed by atoms with van der Waals surface area (Å²) in [5.74, 6) is 1.04. The molecule has 11 heavy (non-hydrogen) atoms. The fourth-order valence-electron chi connectivity index (χ4n) is 2.56. The van der Waals surface area contributed by atoms with Gasteiger partial charge >= 0.3 is 5.97 Å². The molecule has 0 saturated heterocycles. The van der Waals surface area contributed by atoms with Crippen molar-refractivity contribution >= 4 is 5.97 Å². The van der Waals surface area contributed by atoms with Crippen molar-refractivity contribution in [1.29, 1.82) is 0 Å². The van der Waals surface area contributed by atoms with Crippen molar-refractivity contribution in [3.05, 3.63) is 0 Å². The number of esters is 1. The molecule has 2 rings (SSSR count). The number of methoxy groups -OCH3 is 1. The molecule has 2 heteroatoms. The van der Waals surface area contributed by atoms with Gasteiger partial charge in [0.25, 0.3) is 0 Å². The zero-order valence-electron chi connectivity index (χ0n) is 7.09. The van der Waals surface area contributed by atoms with Crippen LogP contribution in [0.4, 0.5) is 0 Å². The highest BCUT2D eigenvalue weighted by Gasteiger charge is 2.61. The van der Waals surface area contributed by atoms with E-state index < -0.39 is 0 Å². The second-order valence-corrected chi connectivity index (χ2v) is 4.06. The Morgan fingerprint density at radius 1 is 1.55 bits per heavy atom. The van der Waals surface area contributed by atoms with Crippen molar-refractivity contribution in [1.82, 2.24) is 0 Å². The maximum atomic E-state index is 11.2. The number of carbonyl (C=O) groups is 1. The van der Waals surface area contributed by atoms with Crippen molar-refractivity contribution in [2.45, 2.75) is 26.2 Å². The van der Waals surface area contributed by atoms with E-state index in [9.17, 15) is 4.79 Å². The highest BCUT2D eigenvalue weighted by Crippen LogP contribution is 2.66. The third-order valence-electron chi connectivity index (χ3n) is 3.54. The lowest BCUT2D eigenvalue weighted by atomic mass is 9.92. The first-order valence-corrected chi connectivity index (χ1v) is 4.26. The predicted octanol–water partition coefficient (Wildman–Crippen LogP) is 1.60. The van der Waals surface area contributed by atoms with Gasteiger partial charge in [0.1, 0.15) is 0 Å². The van der Waals surface area contributed by atoms with Gasteiger partial charge in [0.05, 0.1) is 13.0 Å². The molecule has 2 nitrogen and oxygen atoms in total. The van der Waals surface area contributed by atoms with Crippen molar-refractivity contribution < 1.29 is 9.53 Å². The van der Waals surface area contributed by atoms with Crippen LogP contribution in [0.5, 0.6) is 0 Å². The van der Waals surface area contributed by atoms with E-state index in [2.05, 4.69) is 6.92 Å². The van der Waals surface area contributed by atoms with Crippen LogP contribution in [0.2, 0.25) is 0 Å². The summed E-state index contributed by atoms with van der Waals surface area (Å²) in [5.41, 5.74) is 0.326. The molecule has 0 amide bonds. The normalized spacial score (nSPS) is 46.7. The topological polar surface area (TPSA) is 26.3 Å². The highest BCUT2D eigenvalue weighted by molar-refractivity contribution is 5.74. The summed E-state index contributed by atoms with van der Waals surface area (Å²) in [6, 6.07) is 0. The van der Waals surface area contributed by atoms with Gasteiger partial charge in [-0.1, -0.05) is 6.92 Å². The second kappa shape index (κ2) is 1.99. The van der Waals surface area contributed by atoms with Gasteiger partial charge in [0.15, 0.2) is 0 Å². The standard InChI is InChI=1S/C9H14O2/c1-9-5-6(9)3-4-7(9)8(10)11-2/h6-7H,3-5H2,1-2H3/t6?,7-,9?/m1/s1. The van der Waals surface area contributed by atoms with Gasteiger partial charge in [-0.05, 0) is 30.6 Å². The number of fused-ring (bicyclic) bond motifs is 1. The average molecular weight is 154 g/mol. The minimum atomic E-state index is 0.00694. The van der Waals surface area contributed by atoms with E-state index >= 15 is 0 Å². The summed E-state index contributed by atoms with van der Waals surface area (Å²) in [5, 5.41) is 0. The zero-order valence-corrected chi connectivity index (χ0v) is 7.09. The van der Waals surface area contributed by atoms with Crippen LogP contribution in [0, 0.1) is 17.3 Å². The molecule has 2 aliphatic rings. The Morgan fingerprint density at radius 3 is 2.64 bits per heavy atom. The van der Waals surface area contributed by atoms with Crippen LogP contribution in [-0.2, 0) is 9.53 Å². The Labute approximate surface area is 66.9 Å². The summed E-state index contributed by atoms with van der Waals surface area (Å²) >= 11 is 0. The molecule has 0 radical (unpaired) electrons. The van der Waals surface area contributed by atoms with Gasteiger partial charge in [0, 0.05) is 0 Å². The summed E-state index contributed by atoms with van der Waals surface area (Å²) < 4.78 is 4.76. The monoisotopic (exact) mass is 154 g/mol. The first-order chi connectivity index (χ1) is 5.18. The Kier molecular flexibility index (Phi) is 1.29. The average Bonchev–Trinajstić information content (AvgIpc) is 2.54. The molecule has 0 heterocycles. The second-order valence-electron chi connectivity index (χ2n) is 4.06. The smallest absolute Gasteiger partial charge is 0.309 e. The van der Waals surface area contributed by atoms with Gasteiger partial charge in [-0.3, -0.25) is 4.79 Å². The summed E-state index contributed by atoms with van der Waals surface area (Å²) in [6.45, 7) is 2.21. The molecule has 3 atom stereocenters. The summed E-state index contributed by atoms with van der Waals surface area (Å²) in [4.78, 5) is 11.2. The quantitative estimate of drug-likeness (QED) is 0.536. The Balaban J connectivity index is 2.10. The summed E-state index contributed by atoms with van der Waals surface area (Å²) in [7, 11) is 1.49. The van der Waals surface area contributed by atoms with E-state index in [0.717, 1.165) is 12.3 Å². The number of rotatable bonds is 1. The lowest BCUT2D eigenvalue weighted by molar-refractivity contribution is -0.147. The molecule has 0 aromatic carbocycles. The molecule has 2 aliphatic carbocycles. The fourth-order valence-corrected chi connectivity index (χ4v) is 2.56. The van der Waals surface area contributed by atoms with Crippen molar-refractivity contribution in [2.75, 3.05) is 7.11 Å². The van der Waals surface area contributed by atoms with Crippen molar-refractivity contribution in [2.24, 2.45) is 17.3 Å². The van der Waals surface area contributed by atoms with Crippen LogP contribution in [0.15, 0.2) is 0 Å². The van der Waals surface area contributed by atoms with E-state index in [-0.39, 0.29) is 11.9 Å². The Morgan fingerprint density at radius 2 is 2.27 bits per heavy atom. The molecular formula is C9H14O2. The van der Waals surface area contributed by atoms with Gasteiger partial charge in [-0.2, -0.15) is 0 Å². The molecule has 62 valence electrons. The highest BCUT2D eigenvalue weighted by atomic mass is 16.5. The predicted molar refractivity (Wildman–Crippen MR) is 41.0 cm³/mol. The lowest BCUT2D eigenvalue weighted by Gasteiger charge is -2.15. The van der Waals surface area contributed by atoms with E-state index in [0.29, 0.717) is 5.41 Å². The Bertz CT molecular complexity index is 198. The molecule has 0 bridgehead atoms. The van der Waals surface area contributed by atoms with Crippen LogP contribution >= 0.6 is 0 Å². The third kappa shape index (κ3) is 0.815. The molecule has 0 N–H and O–H groups in total. The number of ether oxygens (including phenoxy) is 1. The number of hydrogen-bond acceptors (Lipinski definition) is 2. The third-order valence-corrected chi connectivity index (χ3v) is 3.54. The molecule has 0 spiro atoms. The van der Waals surface area contributed by atoms with Crippen molar-refractivity contribution in [3.8, 4) is 0 Å². The largest absolute Gasteiger partial charge is 0.469 e. The van der Waals surface area contributed by atoms with Gasteiger partial charge in [0.2, 0.25) is 0 Å². The van der Waals surface area contributed by atoms with Crippen LogP contribution in [-0.4, -0.2) is 13.1 Å². The molecular weight excluding hydrogens is 140 g/mol. The van der Waals surface area contributed by atoms with E-state index in [1.54, 1.807) is 0 Å². The first kappa shape index (κ1) is 7.14. The molecule has 2 fully saturated rings. The SMILES string of the molecule is COC(=O)[C@H]1CCC2CC21C. The zero-order chi connectivity index (χ0) is 8.06. The maximum Gasteiger partial charge on any atom is 0.309 e. The van der Waals surface area contributed by atoms with Gasteiger partial charge in [-0.15, -0.1) is 0 Å². The van der Waals surface area contributed by atoms with Gasteiger partial charge in [-0.25, -0.2) is 0 Å². The van der Waals surface area contributed by atoms with Crippen LogP contribution in [0.25, 0.3) is 0 Å². The molecule has 0 aromatic heterocycles. The molecule has 2 saturated carbocycles. The first-order valence-electron chi connectivity index (χ1n) is 4.26. The Hall–Kier alpha value is -0.530. The molecule has 0 aromatic rings. The summed E-state index contributed by atoms with van der Waals surface area (Å²) in [6.07, 6.45) is 3.52. The number of hydrogen-bond donors (Lipinski definition) is 0. The van der Waals surface area contributed by atoms with Crippen LogP contribution in [0.1, 0.15) is 26.2 Å². The van der Waals surface area contributed by atoms with Crippen LogP contribution < -0.4 is 0 Å². The minimum Gasteiger partial charge on any atom is -0.469 e. The van der Waals surface area contributed by atoms with E-state index in [1.807, 2.05) is 0 Å². The number of carbonyl (C=O) groups excluding carboxylic acids is 1. The van der Waals surface area contributed by atoms with E-state index in [1.165, 1.54) is 20.0 Å².